The van der Waals surface area contributed by atoms with Crippen LogP contribution in [-0.2, 0) is 11.3 Å². The third-order valence-corrected chi connectivity index (χ3v) is 2.28. The lowest BCUT2D eigenvalue weighted by Crippen LogP contribution is -2.39. The number of rotatable bonds is 6. The Morgan fingerprint density at radius 2 is 2.17 bits per heavy atom. The number of aromatic nitrogens is 3. The Morgan fingerprint density at radius 3 is 2.67 bits per heavy atom. The molecule has 8 nitrogen and oxygen atoms in total. The summed E-state index contributed by atoms with van der Waals surface area (Å²) < 4.78 is 1.08. The number of carboxylic acid groups (broad SMARTS) is 1. The summed E-state index contributed by atoms with van der Waals surface area (Å²) in [6.07, 6.45) is 1.28. The molecule has 0 saturated heterocycles. The number of hydrogen-bond acceptors (Lipinski definition) is 5. The van der Waals surface area contributed by atoms with Crippen LogP contribution in [0.1, 0.15) is 24.3 Å². The molecule has 100 valence electrons. The summed E-state index contributed by atoms with van der Waals surface area (Å²) in [6, 6.07) is -0.0886. The smallest absolute Gasteiger partial charge is 0.325 e. The summed E-state index contributed by atoms with van der Waals surface area (Å²) in [5, 5.41) is 24.7. The number of aliphatic carboxylic acids is 1. The molecule has 2 N–H and O–H groups in total. The number of carbonyl (C=O) groups is 2. The van der Waals surface area contributed by atoms with E-state index < -0.39 is 5.97 Å². The molecule has 0 aromatic carbocycles. The van der Waals surface area contributed by atoms with Crippen LogP contribution in [0.5, 0.6) is 0 Å². The second-order valence-corrected chi connectivity index (χ2v) is 4.01. The lowest BCUT2D eigenvalue weighted by atomic mass is 10.3. The third-order valence-electron chi connectivity index (χ3n) is 2.28. The minimum absolute atomic E-state index is 0.0680. The molecule has 0 atom stereocenters. The largest absolute Gasteiger partial charge is 0.480 e. The van der Waals surface area contributed by atoms with E-state index in [1.165, 1.54) is 11.1 Å². The fourth-order valence-corrected chi connectivity index (χ4v) is 1.46. The normalized spacial score (nSPS) is 10.7. The predicted octanol–water partition coefficient (Wildman–Crippen LogP) is -0.794. The maximum Gasteiger partial charge on any atom is 0.325 e. The highest BCUT2D eigenvalue weighted by molar-refractivity contribution is 5.92. The molecular weight excluding hydrogens is 240 g/mol. The summed E-state index contributed by atoms with van der Waals surface area (Å²) >= 11 is 0. The van der Waals surface area contributed by atoms with E-state index in [0.29, 0.717) is 0 Å². The monoisotopic (exact) mass is 256 g/mol. The lowest BCUT2D eigenvalue weighted by molar-refractivity contribution is -0.137. The molecule has 1 aromatic rings. The van der Waals surface area contributed by atoms with Crippen molar-refractivity contribution in [1.29, 1.82) is 0 Å². The molecule has 0 radical (unpaired) electrons. The van der Waals surface area contributed by atoms with Gasteiger partial charge in [-0.3, -0.25) is 9.59 Å². The highest BCUT2D eigenvalue weighted by Crippen LogP contribution is 2.05. The van der Waals surface area contributed by atoms with Gasteiger partial charge in [0.25, 0.3) is 5.91 Å². The van der Waals surface area contributed by atoms with Crippen LogP contribution < -0.4 is 0 Å². The quantitative estimate of drug-likeness (QED) is 0.690. The molecule has 0 spiro atoms. The van der Waals surface area contributed by atoms with Gasteiger partial charge in [0.2, 0.25) is 0 Å². The molecule has 0 aliphatic heterocycles. The van der Waals surface area contributed by atoms with Crippen molar-refractivity contribution < 1.29 is 19.8 Å². The lowest BCUT2D eigenvalue weighted by Gasteiger charge is -2.24. The molecule has 0 fully saturated rings. The number of aliphatic hydroxyl groups is 1. The van der Waals surface area contributed by atoms with Gasteiger partial charge in [-0.25, -0.2) is 4.68 Å². The topological polar surface area (TPSA) is 109 Å². The van der Waals surface area contributed by atoms with Gasteiger partial charge < -0.3 is 15.1 Å². The van der Waals surface area contributed by atoms with Gasteiger partial charge in [0.15, 0.2) is 5.69 Å². The first-order valence-corrected chi connectivity index (χ1v) is 5.49. The molecule has 0 unspecified atom stereocenters. The highest BCUT2D eigenvalue weighted by atomic mass is 16.4. The maximum absolute atomic E-state index is 12.0. The van der Waals surface area contributed by atoms with Gasteiger partial charge in [-0.2, -0.15) is 0 Å². The standard InChI is InChI=1S/C10H16N4O4/c1-7(2)14(3-4-15)10(18)8-5-13(12-11-8)6-9(16)17/h5,7,15H,3-4,6H2,1-2H3,(H,16,17). The van der Waals surface area contributed by atoms with E-state index in [2.05, 4.69) is 10.3 Å². The predicted molar refractivity (Wildman–Crippen MR) is 60.9 cm³/mol. The van der Waals surface area contributed by atoms with Gasteiger partial charge in [0.1, 0.15) is 6.54 Å². The summed E-state index contributed by atoms with van der Waals surface area (Å²) in [7, 11) is 0. The van der Waals surface area contributed by atoms with Crippen LogP contribution in [-0.4, -0.2) is 61.2 Å². The third kappa shape index (κ3) is 3.52. The zero-order chi connectivity index (χ0) is 13.7. The van der Waals surface area contributed by atoms with Gasteiger partial charge in [-0.05, 0) is 13.8 Å². The van der Waals surface area contributed by atoms with Crippen molar-refractivity contribution >= 4 is 11.9 Å². The Kier molecular flexibility index (Phi) is 4.78. The van der Waals surface area contributed by atoms with Crippen molar-refractivity contribution in [1.82, 2.24) is 19.9 Å². The zero-order valence-corrected chi connectivity index (χ0v) is 10.3. The Hall–Kier alpha value is -1.96. The van der Waals surface area contributed by atoms with Crippen molar-refractivity contribution in [2.24, 2.45) is 0 Å². The SMILES string of the molecule is CC(C)N(CCO)C(=O)c1cn(CC(=O)O)nn1. The van der Waals surface area contributed by atoms with Gasteiger partial charge in [-0.15, -0.1) is 5.10 Å². The van der Waals surface area contributed by atoms with Crippen LogP contribution in [0.4, 0.5) is 0 Å². The van der Waals surface area contributed by atoms with Crippen LogP contribution in [0.3, 0.4) is 0 Å². The Bertz CT molecular complexity index is 429. The number of aliphatic hydroxyl groups excluding tert-OH is 1. The first kappa shape index (κ1) is 14.1. The Balaban J connectivity index is 2.81. The average Bonchev–Trinajstić information content (AvgIpc) is 2.72. The van der Waals surface area contributed by atoms with Crippen LogP contribution in [0.15, 0.2) is 6.20 Å². The van der Waals surface area contributed by atoms with Crippen molar-refractivity contribution in [3.8, 4) is 0 Å². The van der Waals surface area contributed by atoms with Crippen LogP contribution in [0.2, 0.25) is 0 Å². The van der Waals surface area contributed by atoms with E-state index in [1.54, 1.807) is 0 Å². The number of hydrogen-bond donors (Lipinski definition) is 2. The second kappa shape index (κ2) is 6.10. The van der Waals surface area contributed by atoms with Crippen LogP contribution >= 0.6 is 0 Å². The highest BCUT2D eigenvalue weighted by Gasteiger charge is 2.21. The Labute approximate surface area is 104 Å². The first-order chi connectivity index (χ1) is 8.45. The summed E-state index contributed by atoms with van der Waals surface area (Å²) in [5.74, 6) is -1.44. The van der Waals surface area contributed by atoms with E-state index in [-0.39, 0.29) is 37.3 Å². The van der Waals surface area contributed by atoms with Crippen molar-refractivity contribution in [3.05, 3.63) is 11.9 Å². The van der Waals surface area contributed by atoms with E-state index in [4.69, 9.17) is 10.2 Å². The molecule has 8 heteroatoms. The number of nitrogens with zero attached hydrogens (tertiary/aromatic N) is 4. The molecule has 0 aliphatic carbocycles. The van der Waals surface area contributed by atoms with Gasteiger partial charge in [0, 0.05) is 12.6 Å². The van der Waals surface area contributed by atoms with E-state index in [9.17, 15) is 9.59 Å². The first-order valence-electron chi connectivity index (χ1n) is 5.49. The molecule has 0 aliphatic rings. The fourth-order valence-electron chi connectivity index (χ4n) is 1.46. The number of amides is 1. The van der Waals surface area contributed by atoms with Gasteiger partial charge in [-0.1, -0.05) is 5.21 Å². The van der Waals surface area contributed by atoms with E-state index in [0.717, 1.165) is 4.68 Å². The van der Waals surface area contributed by atoms with E-state index >= 15 is 0 Å². The fraction of sp³-hybridized carbons (Fsp3) is 0.600. The molecule has 1 aromatic heterocycles. The summed E-state index contributed by atoms with van der Waals surface area (Å²) in [6.45, 7) is 3.34. The molecule has 0 saturated carbocycles. The number of carbonyl (C=O) groups excluding carboxylic acids is 1. The van der Waals surface area contributed by atoms with Crippen LogP contribution in [0.25, 0.3) is 0 Å². The van der Waals surface area contributed by atoms with Gasteiger partial charge in [0.05, 0.1) is 12.8 Å². The van der Waals surface area contributed by atoms with Crippen LogP contribution in [0, 0.1) is 0 Å². The minimum atomic E-state index is -1.06. The van der Waals surface area contributed by atoms with E-state index in [1.807, 2.05) is 13.8 Å². The molecule has 1 amide bonds. The zero-order valence-electron chi connectivity index (χ0n) is 10.3. The molecule has 18 heavy (non-hydrogen) atoms. The van der Waals surface area contributed by atoms with Crippen molar-refractivity contribution in [2.75, 3.05) is 13.2 Å². The molecule has 1 heterocycles. The summed E-state index contributed by atoms with van der Waals surface area (Å²) in [4.78, 5) is 23.9. The van der Waals surface area contributed by atoms with Crippen molar-refractivity contribution in [2.45, 2.75) is 26.4 Å². The molecule has 1 rings (SSSR count). The minimum Gasteiger partial charge on any atom is -0.480 e. The Morgan fingerprint density at radius 1 is 1.50 bits per heavy atom. The van der Waals surface area contributed by atoms with Gasteiger partial charge >= 0.3 is 5.97 Å². The van der Waals surface area contributed by atoms with Crippen molar-refractivity contribution in [3.63, 3.8) is 0 Å². The molecular formula is C10H16N4O4. The summed E-state index contributed by atoms with van der Waals surface area (Å²) in [5.41, 5.74) is 0.0680. The average molecular weight is 256 g/mol. The molecule has 0 bridgehead atoms. The maximum atomic E-state index is 12.0. The second-order valence-electron chi connectivity index (χ2n) is 4.01. The number of carboxylic acids is 1.